The highest BCUT2D eigenvalue weighted by molar-refractivity contribution is 7.99. The fourth-order valence-electron chi connectivity index (χ4n) is 2.09. The quantitative estimate of drug-likeness (QED) is 0.868. The lowest BCUT2D eigenvalue weighted by Gasteiger charge is -2.26. The van der Waals surface area contributed by atoms with Crippen LogP contribution in [0.5, 0.6) is 0 Å². The van der Waals surface area contributed by atoms with E-state index in [0.717, 1.165) is 5.56 Å². The van der Waals surface area contributed by atoms with Gasteiger partial charge in [0.1, 0.15) is 5.82 Å². The van der Waals surface area contributed by atoms with Crippen molar-refractivity contribution in [1.82, 2.24) is 5.32 Å². The molecule has 1 atom stereocenters. The van der Waals surface area contributed by atoms with Gasteiger partial charge in [0, 0.05) is 12.1 Å². The van der Waals surface area contributed by atoms with Crippen LogP contribution >= 0.6 is 11.8 Å². The van der Waals surface area contributed by atoms with Crippen LogP contribution in [0.15, 0.2) is 24.3 Å². The molecule has 1 aliphatic rings. The second kappa shape index (κ2) is 5.69. The van der Waals surface area contributed by atoms with Crippen molar-refractivity contribution >= 4 is 11.8 Å². The van der Waals surface area contributed by atoms with E-state index in [1.54, 1.807) is 12.1 Å². The molecule has 1 aliphatic heterocycles. The zero-order chi connectivity index (χ0) is 11.4. The molecule has 0 bridgehead atoms. The normalized spacial score (nSPS) is 19.6. The van der Waals surface area contributed by atoms with Crippen LogP contribution in [0.3, 0.4) is 0 Å². The van der Waals surface area contributed by atoms with Gasteiger partial charge in [0.2, 0.25) is 0 Å². The third kappa shape index (κ3) is 3.22. The Kier molecular flexibility index (Phi) is 4.24. The Bertz CT molecular complexity index is 336. The van der Waals surface area contributed by atoms with Gasteiger partial charge in [-0.15, -0.1) is 0 Å². The maximum atomic E-state index is 13.1. The van der Waals surface area contributed by atoms with E-state index >= 15 is 0 Å². The molecule has 0 radical (unpaired) electrons. The minimum Gasteiger partial charge on any atom is -0.307 e. The second-order valence-electron chi connectivity index (χ2n) is 4.33. The molecule has 2 rings (SSSR count). The summed E-state index contributed by atoms with van der Waals surface area (Å²) >= 11 is 2.02. The minimum absolute atomic E-state index is 0.148. The maximum absolute atomic E-state index is 13.1. The molecule has 1 aromatic carbocycles. The van der Waals surface area contributed by atoms with Crippen LogP contribution in [0.25, 0.3) is 0 Å². The number of rotatable bonds is 3. The van der Waals surface area contributed by atoms with E-state index in [9.17, 15) is 4.39 Å². The fraction of sp³-hybridized carbons (Fsp3) is 0.538. The Balaban J connectivity index is 1.94. The summed E-state index contributed by atoms with van der Waals surface area (Å²) in [4.78, 5) is 0. The highest BCUT2D eigenvalue weighted by atomic mass is 32.2. The van der Waals surface area contributed by atoms with Crippen LogP contribution in [0, 0.1) is 5.82 Å². The number of hydrogen-bond acceptors (Lipinski definition) is 2. The molecule has 1 aromatic rings. The van der Waals surface area contributed by atoms with Gasteiger partial charge in [0.25, 0.3) is 0 Å². The average Bonchev–Trinajstić information content (AvgIpc) is 2.30. The molecular weight excluding hydrogens is 221 g/mol. The van der Waals surface area contributed by atoms with Gasteiger partial charge in [-0.2, -0.15) is 11.8 Å². The monoisotopic (exact) mass is 239 g/mol. The summed E-state index contributed by atoms with van der Waals surface area (Å²) < 4.78 is 13.1. The Labute approximate surface area is 101 Å². The summed E-state index contributed by atoms with van der Waals surface area (Å²) in [5, 5.41) is 3.58. The summed E-state index contributed by atoms with van der Waals surface area (Å²) in [6, 6.07) is 7.71. The number of halogens is 1. The lowest BCUT2D eigenvalue weighted by Crippen LogP contribution is -2.34. The first-order valence-electron chi connectivity index (χ1n) is 5.85. The molecule has 0 amide bonds. The predicted octanol–water partition coefficient (Wildman–Crippen LogP) is 3.37. The summed E-state index contributed by atoms with van der Waals surface area (Å²) in [6.07, 6.45) is 2.45. The molecule has 0 aromatic heterocycles. The molecule has 88 valence electrons. The smallest absolute Gasteiger partial charge is 0.123 e. The van der Waals surface area contributed by atoms with Crippen molar-refractivity contribution in [1.29, 1.82) is 0 Å². The van der Waals surface area contributed by atoms with Gasteiger partial charge in [-0.05, 0) is 49.0 Å². The molecule has 1 saturated heterocycles. The van der Waals surface area contributed by atoms with E-state index in [1.807, 2.05) is 17.8 Å². The highest BCUT2D eigenvalue weighted by Gasteiger charge is 2.16. The van der Waals surface area contributed by atoms with Gasteiger partial charge in [0.05, 0.1) is 0 Å². The highest BCUT2D eigenvalue weighted by Crippen LogP contribution is 2.21. The number of hydrogen-bond donors (Lipinski definition) is 1. The van der Waals surface area contributed by atoms with E-state index in [1.165, 1.54) is 30.4 Å². The van der Waals surface area contributed by atoms with Crippen molar-refractivity contribution in [3.8, 4) is 0 Å². The zero-order valence-electron chi connectivity index (χ0n) is 9.58. The number of nitrogens with one attached hydrogen (secondary N) is 1. The van der Waals surface area contributed by atoms with Crippen molar-refractivity contribution < 1.29 is 4.39 Å². The fourth-order valence-corrected chi connectivity index (χ4v) is 3.20. The largest absolute Gasteiger partial charge is 0.307 e. The van der Waals surface area contributed by atoms with Crippen molar-refractivity contribution in [2.45, 2.75) is 31.8 Å². The van der Waals surface area contributed by atoms with Crippen LogP contribution in [0.2, 0.25) is 0 Å². The van der Waals surface area contributed by atoms with Crippen LogP contribution in [-0.2, 0) is 0 Å². The third-order valence-corrected chi connectivity index (χ3v) is 4.10. The van der Waals surface area contributed by atoms with E-state index in [0.29, 0.717) is 6.04 Å². The second-order valence-corrected chi connectivity index (χ2v) is 5.55. The first-order valence-corrected chi connectivity index (χ1v) is 7.00. The molecule has 0 aliphatic carbocycles. The summed E-state index contributed by atoms with van der Waals surface area (Å²) in [7, 11) is 0. The Hall–Kier alpha value is -0.540. The average molecular weight is 239 g/mol. The van der Waals surface area contributed by atoms with Crippen LogP contribution in [-0.4, -0.2) is 17.5 Å². The van der Waals surface area contributed by atoms with Gasteiger partial charge in [-0.3, -0.25) is 0 Å². The van der Waals surface area contributed by atoms with E-state index < -0.39 is 0 Å². The Morgan fingerprint density at radius 3 is 2.81 bits per heavy atom. The molecule has 0 spiro atoms. The molecule has 1 fully saturated rings. The van der Waals surface area contributed by atoms with Gasteiger partial charge in [0.15, 0.2) is 0 Å². The molecule has 1 heterocycles. The standard InChI is InChI=1S/C13H18FNS/c1-10(11-3-2-4-12(14)9-11)15-13-5-7-16-8-6-13/h2-4,9-10,13,15H,5-8H2,1H3/t10-/m0/s1. The molecule has 1 N–H and O–H groups in total. The first kappa shape index (κ1) is 11.9. The SMILES string of the molecule is C[C@H](NC1CCSCC1)c1cccc(F)c1. The van der Waals surface area contributed by atoms with Crippen molar-refractivity contribution in [3.63, 3.8) is 0 Å². The first-order chi connectivity index (χ1) is 7.75. The summed E-state index contributed by atoms with van der Waals surface area (Å²) in [5.41, 5.74) is 1.04. The third-order valence-electron chi connectivity index (χ3n) is 3.06. The topological polar surface area (TPSA) is 12.0 Å². The molecule has 1 nitrogen and oxygen atoms in total. The Morgan fingerprint density at radius 1 is 1.38 bits per heavy atom. The van der Waals surface area contributed by atoms with Crippen LogP contribution in [0.4, 0.5) is 4.39 Å². The molecule has 0 saturated carbocycles. The van der Waals surface area contributed by atoms with Crippen LogP contribution < -0.4 is 5.32 Å². The van der Waals surface area contributed by atoms with Gasteiger partial charge in [-0.25, -0.2) is 4.39 Å². The van der Waals surface area contributed by atoms with E-state index in [4.69, 9.17) is 0 Å². The van der Waals surface area contributed by atoms with Gasteiger partial charge >= 0.3 is 0 Å². The van der Waals surface area contributed by atoms with E-state index in [2.05, 4.69) is 12.2 Å². The zero-order valence-corrected chi connectivity index (χ0v) is 10.4. The lowest BCUT2D eigenvalue weighted by molar-refractivity contribution is 0.430. The summed E-state index contributed by atoms with van der Waals surface area (Å²) in [6.45, 7) is 2.11. The minimum atomic E-state index is -0.148. The number of benzene rings is 1. The van der Waals surface area contributed by atoms with Crippen molar-refractivity contribution in [3.05, 3.63) is 35.6 Å². The van der Waals surface area contributed by atoms with Gasteiger partial charge < -0.3 is 5.32 Å². The van der Waals surface area contributed by atoms with Crippen LogP contribution in [0.1, 0.15) is 31.4 Å². The van der Waals surface area contributed by atoms with Crippen molar-refractivity contribution in [2.75, 3.05) is 11.5 Å². The molecular formula is C13H18FNS. The van der Waals surface area contributed by atoms with Crippen molar-refractivity contribution in [2.24, 2.45) is 0 Å². The lowest BCUT2D eigenvalue weighted by atomic mass is 10.1. The number of thioether (sulfide) groups is 1. The van der Waals surface area contributed by atoms with E-state index in [-0.39, 0.29) is 11.9 Å². The van der Waals surface area contributed by atoms with Gasteiger partial charge in [-0.1, -0.05) is 12.1 Å². The summed E-state index contributed by atoms with van der Waals surface area (Å²) in [5.74, 6) is 2.34. The maximum Gasteiger partial charge on any atom is 0.123 e. The molecule has 0 unspecified atom stereocenters. The predicted molar refractivity (Wildman–Crippen MR) is 68.3 cm³/mol. The Morgan fingerprint density at radius 2 is 2.12 bits per heavy atom. The molecule has 16 heavy (non-hydrogen) atoms. The molecule has 3 heteroatoms.